The van der Waals surface area contributed by atoms with Crippen LogP contribution in [0.1, 0.15) is 24.2 Å². The highest BCUT2D eigenvalue weighted by molar-refractivity contribution is 6.45. The van der Waals surface area contributed by atoms with Crippen LogP contribution in [0.3, 0.4) is 0 Å². The summed E-state index contributed by atoms with van der Waals surface area (Å²) in [7, 11) is 0. The molecule has 1 saturated heterocycles. The normalized spacial score (nSPS) is 15.6. The number of aromatic nitrogens is 1. The zero-order valence-corrected chi connectivity index (χ0v) is 16.0. The third-order valence-electron chi connectivity index (χ3n) is 4.68. The second kappa shape index (κ2) is 7.77. The van der Waals surface area contributed by atoms with E-state index in [1.165, 1.54) is 0 Å². The lowest BCUT2D eigenvalue weighted by Gasteiger charge is -2.34. The SMILES string of the molecule is CCOC(=O)c1cnc2c(Cl)c(Cl)ccc2c1N1CC[NH+](CC)CC1. The number of anilines is 1. The fraction of sp³-hybridized carbons (Fsp3) is 0.444. The molecule has 3 rings (SSSR count). The van der Waals surface area contributed by atoms with Crippen molar-refractivity contribution in [3.8, 4) is 0 Å². The van der Waals surface area contributed by atoms with E-state index in [4.69, 9.17) is 27.9 Å². The molecule has 0 saturated carbocycles. The van der Waals surface area contributed by atoms with Gasteiger partial charge in [-0.1, -0.05) is 23.2 Å². The molecule has 1 N–H and O–H groups in total. The minimum Gasteiger partial charge on any atom is -0.462 e. The number of nitrogens with zero attached hydrogens (tertiary/aromatic N) is 2. The molecule has 7 heteroatoms. The van der Waals surface area contributed by atoms with E-state index in [2.05, 4.69) is 16.8 Å². The molecule has 2 heterocycles. The average Bonchev–Trinajstić information content (AvgIpc) is 2.64. The summed E-state index contributed by atoms with van der Waals surface area (Å²) in [5, 5.41) is 1.70. The maximum Gasteiger partial charge on any atom is 0.341 e. The van der Waals surface area contributed by atoms with Crippen LogP contribution < -0.4 is 9.80 Å². The standard InChI is InChI=1S/C18H21Cl2N3O2/c1-3-22-7-9-23(10-8-22)17-12-5-6-14(19)15(20)16(12)21-11-13(17)18(24)25-4-2/h5-6,11H,3-4,7-10H2,1-2H3/p+1. The first-order valence-electron chi connectivity index (χ1n) is 8.59. The maximum atomic E-state index is 12.5. The van der Waals surface area contributed by atoms with Crippen molar-refractivity contribution >= 4 is 45.8 Å². The molecule has 0 atom stereocenters. The highest BCUT2D eigenvalue weighted by atomic mass is 35.5. The van der Waals surface area contributed by atoms with Crippen LogP contribution in [0.25, 0.3) is 10.9 Å². The lowest BCUT2D eigenvalue weighted by Crippen LogP contribution is -3.14. The van der Waals surface area contributed by atoms with E-state index in [-0.39, 0.29) is 5.97 Å². The Bertz CT molecular complexity index is 789. The number of hydrogen-bond donors (Lipinski definition) is 1. The van der Waals surface area contributed by atoms with E-state index >= 15 is 0 Å². The molecular formula is C18H22Cl2N3O2+. The molecule has 0 spiro atoms. The Hall–Kier alpha value is -1.56. The number of carbonyl (C=O) groups is 1. The molecule has 0 aliphatic carbocycles. The number of hydrogen-bond acceptors (Lipinski definition) is 4. The van der Waals surface area contributed by atoms with Crippen LogP contribution in [0.15, 0.2) is 18.3 Å². The fourth-order valence-electron chi connectivity index (χ4n) is 3.29. The predicted molar refractivity (Wildman–Crippen MR) is 101 cm³/mol. The number of quaternary nitrogens is 1. The quantitative estimate of drug-likeness (QED) is 0.824. The van der Waals surface area contributed by atoms with Crippen LogP contribution in [-0.2, 0) is 4.74 Å². The number of halogens is 2. The number of benzene rings is 1. The Labute approximate surface area is 157 Å². The van der Waals surface area contributed by atoms with Gasteiger partial charge in [0.05, 0.1) is 60.6 Å². The molecule has 25 heavy (non-hydrogen) atoms. The van der Waals surface area contributed by atoms with Gasteiger partial charge >= 0.3 is 5.97 Å². The topological polar surface area (TPSA) is 46.9 Å². The van der Waals surface area contributed by atoms with Crippen molar-refractivity contribution in [1.82, 2.24) is 4.98 Å². The molecule has 2 aromatic rings. The van der Waals surface area contributed by atoms with E-state index in [1.54, 1.807) is 24.1 Å². The minimum absolute atomic E-state index is 0.325. The van der Waals surface area contributed by atoms with Gasteiger partial charge in [-0.2, -0.15) is 0 Å². The van der Waals surface area contributed by atoms with E-state index in [1.807, 2.05) is 6.07 Å². The molecule has 1 aromatic heterocycles. The second-order valence-electron chi connectivity index (χ2n) is 6.09. The van der Waals surface area contributed by atoms with Crippen LogP contribution in [0.5, 0.6) is 0 Å². The molecule has 0 bridgehead atoms. The first-order chi connectivity index (χ1) is 12.1. The van der Waals surface area contributed by atoms with Crippen molar-refractivity contribution in [3.63, 3.8) is 0 Å². The van der Waals surface area contributed by atoms with Gasteiger partial charge < -0.3 is 14.5 Å². The summed E-state index contributed by atoms with van der Waals surface area (Å²) in [6.07, 6.45) is 1.55. The average molecular weight is 383 g/mol. The lowest BCUT2D eigenvalue weighted by molar-refractivity contribution is -0.898. The summed E-state index contributed by atoms with van der Waals surface area (Å²) in [5.74, 6) is -0.358. The Balaban J connectivity index is 2.12. The molecule has 134 valence electrons. The summed E-state index contributed by atoms with van der Waals surface area (Å²) >= 11 is 12.5. The summed E-state index contributed by atoms with van der Waals surface area (Å²) in [6, 6.07) is 3.63. The van der Waals surface area contributed by atoms with Gasteiger partial charge in [0, 0.05) is 11.6 Å². The van der Waals surface area contributed by atoms with Gasteiger partial charge in [-0.25, -0.2) is 4.79 Å². The summed E-state index contributed by atoms with van der Waals surface area (Å²) < 4.78 is 5.23. The van der Waals surface area contributed by atoms with E-state index in [0.717, 1.165) is 43.8 Å². The highest BCUT2D eigenvalue weighted by Gasteiger charge is 2.26. The van der Waals surface area contributed by atoms with Gasteiger partial charge in [-0.15, -0.1) is 0 Å². The summed E-state index contributed by atoms with van der Waals surface area (Å²) in [4.78, 5) is 20.7. The Kier molecular flexibility index (Phi) is 5.67. The Morgan fingerprint density at radius 3 is 2.64 bits per heavy atom. The van der Waals surface area contributed by atoms with E-state index in [0.29, 0.717) is 27.7 Å². The first-order valence-corrected chi connectivity index (χ1v) is 9.34. The molecule has 0 radical (unpaired) electrons. The number of rotatable bonds is 4. The van der Waals surface area contributed by atoms with Crippen molar-refractivity contribution in [2.75, 3.05) is 44.2 Å². The maximum absolute atomic E-state index is 12.5. The van der Waals surface area contributed by atoms with Gasteiger partial charge in [-0.3, -0.25) is 4.98 Å². The molecule has 0 unspecified atom stereocenters. The fourth-order valence-corrected chi connectivity index (χ4v) is 3.66. The number of nitrogens with one attached hydrogen (secondary N) is 1. The number of esters is 1. The number of pyridine rings is 1. The van der Waals surface area contributed by atoms with Crippen molar-refractivity contribution in [1.29, 1.82) is 0 Å². The zero-order valence-electron chi connectivity index (χ0n) is 14.4. The van der Waals surface area contributed by atoms with Gasteiger partial charge in [0.25, 0.3) is 0 Å². The molecule has 1 aliphatic rings. The van der Waals surface area contributed by atoms with Gasteiger partial charge in [0.15, 0.2) is 0 Å². The zero-order chi connectivity index (χ0) is 18.0. The number of likely N-dealkylation sites (N-methyl/N-ethyl adjacent to an activating group) is 1. The van der Waals surface area contributed by atoms with E-state index < -0.39 is 0 Å². The van der Waals surface area contributed by atoms with E-state index in [9.17, 15) is 4.79 Å². The van der Waals surface area contributed by atoms with Crippen LogP contribution >= 0.6 is 23.2 Å². The van der Waals surface area contributed by atoms with Crippen LogP contribution in [0.4, 0.5) is 5.69 Å². The number of ether oxygens (including phenoxy) is 1. The third-order valence-corrected chi connectivity index (χ3v) is 5.48. The molecule has 1 aliphatic heterocycles. The molecular weight excluding hydrogens is 361 g/mol. The van der Waals surface area contributed by atoms with Crippen molar-refractivity contribution in [3.05, 3.63) is 33.9 Å². The van der Waals surface area contributed by atoms with Crippen LogP contribution in [0.2, 0.25) is 10.0 Å². The smallest absolute Gasteiger partial charge is 0.341 e. The lowest BCUT2D eigenvalue weighted by atomic mass is 10.1. The van der Waals surface area contributed by atoms with Crippen LogP contribution in [0, 0.1) is 0 Å². The van der Waals surface area contributed by atoms with Gasteiger partial charge in [0.2, 0.25) is 0 Å². The molecule has 1 fully saturated rings. The highest BCUT2D eigenvalue weighted by Crippen LogP contribution is 2.36. The first kappa shape index (κ1) is 18.2. The van der Waals surface area contributed by atoms with Gasteiger partial charge in [0.1, 0.15) is 5.56 Å². The van der Waals surface area contributed by atoms with Crippen molar-refractivity contribution in [2.45, 2.75) is 13.8 Å². The predicted octanol–water partition coefficient (Wildman–Crippen LogP) is 2.44. The number of carbonyl (C=O) groups excluding carboxylic acids is 1. The van der Waals surface area contributed by atoms with Crippen molar-refractivity contribution in [2.24, 2.45) is 0 Å². The number of piperazine rings is 1. The number of fused-ring (bicyclic) bond motifs is 1. The summed E-state index contributed by atoms with van der Waals surface area (Å²) in [5.41, 5.74) is 1.94. The summed E-state index contributed by atoms with van der Waals surface area (Å²) in [6.45, 7) is 9.23. The largest absolute Gasteiger partial charge is 0.462 e. The molecule has 1 aromatic carbocycles. The second-order valence-corrected chi connectivity index (χ2v) is 6.87. The monoisotopic (exact) mass is 382 g/mol. The Morgan fingerprint density at radius 1 is 1.28 bits per heavy atom. The molecule has 5 nitrogen and oxygen atoms in total. The van der Waals surface area contributed by atoms with Gasteiger partial charge in [-0.05, 0) is 26.0 Å². The van der Waals surface area contributed by atoms with Crippen LogP contribution in [-0.4, -0.2) is 50.3 Å². The third kappa shape index (κ3) is 3.54. The minimum atomic E-state index is -0.358. The Morgan fingerprint density at radius 2 is 2.00 bits per heavy atom. The van der Waals surface area contributed by atoms with Crippen molar-refractivity contribution < 1.29 is 14.4 Å². The molecule has 0 amide bonds.